The quantitative estimate of drug-likeness (QED) is 0.314. The van der Waals surface area contributed by atoms with Crippen molar-refractivity contribution in [2.24, 2.45) is 5.73 Å². The van der Waals surface area contributed by atoms with E-state index < -0.39 is 5.54 Å². The summed E-state index contributed by atoms with van der Waals surface area (Å²) < 4.78 is 0. The van der Waals surface area contributed by atoms with Gasteiger partial charge in [0, 0.05) is 29.7 Å². The molecule has 0 unspecified atom stereocenters. The molecule has 1 aliphatic heterocycles. The van der Waals surface area contributed by atoms with Crippen molar-refractivity contribution in [1.29, 1.82) is 0 Å². The first kappa shape index (κ1) is 19.3. The van der Waals surface area contributed by atoms with Gasteiger partial charge in [-0.15, -0.1) is 12.6 Å². The summed E-state index contributed by atoms with van der Waals surface area (Å²) in [6.45, 7) is 1.61. The lowest BCUT2D eigenvalue weighted by atomic mass is 9.88. The molecular formula is C24H23N7S. The van der Waals surface area contributed by atoms with Crippen LogP contribution in [0.4, 0.5) is 5.82 Å². The standard InChI is InChI=1S/C24H23N7S/c25-24(8-11-31(12-9-24)22-18-7-10-26-21(18)27-14-28-22)23-29-19-6-2-5-17(20(19)30-23)15-3-1-4-16(32)13-15/h1-7,10,13-14,32H,8-9,11-12,25H2,(H,29,30)(H,26,27,28). The average molecular weight is 442 g/mol. The molecule has 0 spiro atoms. The van der Waals surface area contributed by atoms with Gasteiger partial charge >= 0.3 is 0 Å². The normalized spacial score (nSPS) is 16.1. The van der Waals surface area contributed by atoms with E-state index >= 15 is 0 Å². The molecule has 6 rings (SSSR count). The van der Waals surface area contributed by atoms with Gasteiger partial charge in [0.15, 0.2) is 0 Å². The van der Waals surface area contributed by atoms with Crippen LogP contribution in [0.1, 0.15) is 18.7 Å². The number of thiol groups is 1. The second-order valence-electron chi connectivity index (χ2n) is 8.42. The van der Waals surface area contributed by atoms with Crippen molar-refractivity contribution >= 4 is 40.5 Å². The van der Waals surface area contributed by atoms with Gasteiger partial charge in [0.1, 0.15) is 23.6 Å². The van der Waals surface area contributed by atoms with E-state index in [2.05, 4.69) is 61.7 Å². The molecule has 4 N–H and O–H groups in total. The van der Waals surface area contributed by atoms with Gasteiger partial charge in [-0.05, 0) is 42.7 Å². The molecule has 4 heterocycles. The summed E-state index contributed by atoms with van der Waals surface area (Å²) in [5.41, 5.74) is 11.4. The number of para-hydroxylation sites is 1. The Hall–Kier alpha value is -3.36. The topological polar surface area (TPSA) is 99.5 Å². The highest BCUT2D eigenvalue weighted by atomic mass is 32.1. The van der Waals surface area contributed by atoms with Gasteiger partial charge in [-0.3, -0.25) is 0 Å². The van der Waals surface area contributed by atoms with Crippen LogP contribution in [0, 0.1) is 0 Å². The van der Waals surface area contributed by atoms with Crippen LogP contribution < -0.4 is 10.6 Å². The highest BCUT2D eigenvalue weighted by Crippen LogP contribution is 2.35. The first-order valence-electron chi connectivity index (χ1n) is 10.7. The number of anilines is 1. The summed E-state index contributed by atoms with van der Waals surface area (Å²) in [5.74, 6) is 1.80. The maximum Gasteiger partial charge on any atom is 0.142 e. The number of rotatable bonds is 3. The number of piperidine rings is 1. The number of aromatic amines is 2. The van der Waals surface area contributed by atoms with E-state index in [9.17, 15) is 0 Å². The molecule has 1 saturated heterocycles. The molecule has 1 fully saturated rings. The lowest BCUT2D eigenvalue weighted by molar-refractivity contribution is 0.327. The lowest BCUT2D eigenvalue weighted by Gasteiger charge is -2.38. The Morgan fingerprint density at radius 2 is 1.88 bits per heavy atom. The molecule has 3 aromatic heterocycles. The molecule has 0 aliphatic carbocycles. The first-order chi connectivity index (χ1) is 15.6. The fraction of sp³-hybridized carbons (Fsp3) is 0.208. The van der Waals surface area contributed by atoms with Crippen LogP contribution in [0.15, 0.2) is 66.0 Å². The second-order valence-corrected chi connectivity index (χ2v) is 8.93. The number of benzene rings is 2. The molecule has 8 heteroatoms. The Morgan fingerprint density at radius 3 is 2.72 bits per heavy atom. The largest absolute Gasteiger partial charge is 0.356 e. The SMILES string of the molecule is NC1(c2nc3c(-c4cccc(S)c4)cccc3[nH]2)CCN(c2ncnc3[nH]ccc23)CC1. The van der Waals surface area contributed by atoms with E-state index in [-0.39, 0.29) is 0 Å². The minimum atomic E-state index is -0.511. The van der Waals surface area contributed by atoms with Gasteiger partial charge in [-0.2, -0.15) is 0 Å². The molecule has 5 aromatic rings. The Balaban J connectivity index is 1.31. The molecule has 2 aromatic carbocycles. The predicted molar refractivity (Wildman–Crippen MR) is 130 cm³/mol. The van der Waals surface area contributed by atoms with E-state index in [1.54, 1.807) is 6.33 Å². The molecule has 1 aliphatic rings. The summed E-state index contributed by atoms with van der Waals surface area (Å²) in [5, 5.41) is 1.04. The zero-order valence-corrected chi connectivity index (χ0v) is 18.3. The number of nitrogens with zero attached hydrogens (tertiary/aromatic N) is 4. The number of hydrogen-bond acceptors (Lipinski definition) is 6. The van der Waals surface area contributed by atoms with Crippen molar-refractivity contribution in [2.45, 2.75) is 23.3 Å². The van der Waals surface area contributed by atoms with E-state index in [0.29, 0.717) is 0 Å². The van der Waals surface area contributed by atoms with Crippen LogP contribution in [0.25, 0.3) is 33.2 Å². The average Bonchev–Trinajstić information content (AvgIpc) is 3.47. The monoisotopic (exact) mass is 441 g/mol. The minimum absolute atomic E-state index is 0.511. The third kappa shape index (κ3) is 3.14. The van der Waals surface area contributed by atoms with Crippen LogP contribution in [0.2, 0.25) is 0 Å². The fourth-order valence-corrected chi connectivity index (χ4v) is 4.86. The Labute approximate surface area is 190 Å². The maximum atomic E-state index is 6.92. The molecule has 7 nitrogen and oxygen atoms in total. The lowest BCUT2D eigenvalue weighted by Crippen LogP contribution is -2.49. The summed E-state index contributed by atoms with van der Waals surface area (Å²) in [6, 6.07) is 16.4. The highest BCUT2D eigenvalue weighted by molar-refractivity contribution is 7.80. The summed E-state index contributed by atoms with van der Waals surface area (Å²) in [4.78, 5) is 23.7. The van der Waals surface area contributed by atoms with Crippen molar-refractivity contribution in [1.82, 2.24) is 24.9 Å². The van der Waals surface area contributed by atoms with Gasteiger partial charge in [-0.1, -0.05) is 24.3 Å². The summed E-state index contributed by atoms with van der Waals surface area (Å²) in [7, 11) is 0. The highest BCUT2D eigenvalue weighted by Gasteiger charge is 2.36. The van der Waals surface area contributed by atoms with E-state index in [0.717, 1.165) is 75.7 Å². The maximum absolute atomic E-state index is 6.92. The Bertz CT molecular complexity index is 1430. The number of aromatic nitrogens is 5. The van der Waals surface area contributed by atoms with Gasteiger partial charge in [-0.25, -0.2) is 15.0 Å². The summed E-state index contributed by atoms with van der Waals surface area (Å²) in [6.07, 6.45) is 5.07. The zero-order chi connectivity index (χ0) is 21.7. The molecular weight excluding hydrogens is 418 g/mol. The Morgan fingerprint density at radius 1 is 1.03 bits per heavy atom. The van der Waals surface area contributed by atoms with Crippen molar-refractivity contribution < 1.29 is 0 Å². The van der Waals surface area contributed by atoms with Gasteiger partial charge in [0.25, 0.3) is 0 Å². The van der Waals surface area contributed by atoms with Crippen LogP contribution in [-0.2, 0) is 5.54 Å². The molecule has 0 bridgehead atoms. The smallest absolute Gasteiger partial charge is 0.142 e. The molecule has 0 atom stereocenters. The van der Waals surface area contributed by atoms with Crippen LogP contribution in [-0.4, -0.2) is 38.0 Å². The predicted octanol–water partition coefficient (Wildman–Crippen LogP) is 4.24. The zero-order valence-electron chi connectivity index (χ0n) is 17.4. The van der Waals surface area contributed by atoms with Gasteiger partial charge < -0.3 is 20.6 Å². The van der Waals surface area contributed by atoms with Crippen LogP contribution in [0.5, 0.6) is 0 Å². The van der Waals surface area contributed by atoms with Gasteiger partial charge in [0.05, 0.1) is 22.0 Å². The van der Waals surface area contributed by atoms with E-state index in [1.807, 2.05) is 30.5 Å². The molecule has 0 amide bonds. The molecule has 32 heavy (non-hydrogen) atoms. The first-order valence-corrected chi connectivity index (χ1v) is 11.2. The number of fused-ring (bicyclic) bond motifs is 2. The Kier molecular flexibility index (Phi) is 4.44. The van der Waals surface area contributed by atoms with Gasteiger partial charge in [0.2, 0.25) is 0 Å². The number of nitrogens with two attached hydrogens (primary N) is 1. The number of imidazole rings is 1. The van der Waals surface area contributed by atoms with E-state index in [4.69, 9.17) is 10.7 Å². The number of hydrogen-bond donors (Lipinski definition) is 4. The van der Waals surface area contributed by atoms with Crippen molar-refractivity contribution in [3.05, 3.63) is 66.9 Å². The van der Waals surface area contributed by atoms with Crippen molar-refractivity contribution in [3.63, 3.8) is 0 Å². The third-order valence-corrected chi connectivity index (χ3v) is 6.71. The number of nitrogens with one attached hydrogen (secondary N) is 2. The minimum Gasteiger partial charge on any atom is -0.356 e. The second kappa shape index (κ2) is 7.36. The van der Waals surface area contributed by atoms with Crippen molar-refractivity contribution in [3.8, 4) is 11.1 Å². The fourth-order valence-electron chi connectivity index (χ4n) is 4.64. The van der Waals surface area contributed by atoms with Crippen molar-refractivity contribution in [2.75, 3.05) is 18.0 Å². The third-order valence-electron chi connectivity index (χ3n) is 6.43. The molecule has 0 saturated carbocycles. The molecule has 160 valence electrons. The van der Waals surface area contributed by atoms with E-state index in [1.165, 1.54) is 0 Å². The number of H-pyrrole nitrogens is 2. The van der Waals surface area contributed by atoms with Crippen LogP contribution in [0.3, 0.4) is 0 Å². The summed E-state index contributed by atoms with van der Waals surface area (Å²) >= 11 is 4.49. The van der Waals surface area contributed by atoms with Crippen LogP contribution >= 0.6 is 12.6 Å². The molecule has 0 radical (unpaired) electrons.